The number of halogens is 1. The van der Waals surface area contributed by atoms with E-state index < -0.39 is 0 Å². The molecule has 2 aromatic rings. The van der Waals surface area contributed by atoms with Gasteiger partial charge in [-0.1, -0.05) is 0 Å². The molecule has 4 heteroatoms. The first kappa shape index (κ1) is 13.6. The van der Waals surface area contributed by atoms with E-state index in [1.165, 1.54) is 0 Å². The molecule has 0 spiro atoms. The lowest BCUT2D eigenvalue weighted by atomic mass is 9.98. The fraction of sp³-hybridized carbons (Fsp3) is 0.500. The molecule has 0 radical (unpaired) electrons. The van der Waals surface area contributed by atoms with Gasteiger partial charge < -0.3 is 10.3 Å². The first-order chi connectivity index (χ1) is 9.51. The van der Waals surface area contributed by atoms with Crippen molar-refractivity contribution in [3.05, 3.63) is 35.3 Å². The van der Waals surface area contributed by atoms with Crippen molar-refractivity contribution >= 4 is 10.9 Å². The van der Waals surface area contributed by atoms with Crippen LogP contribution in [0, 0.1) is 18.7 Å². The molecule has 2 N–H and O–H groups in total. The molecule has 0 aliphatic carbocycles. The van der Waals surface area contributed by atoms with Crippen LogP contribution in [0.25, 0.3) is 10.9 Å². The molecule has 1 aliphatic heterocycles. The zero-order valence-electron chi connectivity index (χ0n) is 12.4. The summed E-state index contributed by atoms with van der Waals surface area (Å²) in [6, 6.07) is 5.85. The van der Waals surface area contributed by atoms with E-state index in [4.69, 9.17) is 5.73 Å². The van der Waals surface area contributed by atoms with Crippen LogP contribution >= 0.6 is 0 Å². The van der Waals surface area contributed by atoms with Crippen molar-refractivity contribution in [2.75, 3.05) is 20.1 Å². The highest BCUT2D eigenvalue weighted by Crippen LogP contribution is 2.36. The lowest BCUT2D eigenvalue weighted by Crippen LogP contribution is -2.21. The molecule has 3 nitrogen and oxygen atoms in total. The summed E-state index contributed by atoms with van der Waals surface area (Å²) >= 11 is 0. The average molecular weight is 275 g/mol. The summed E-state index contributed by atoms with van der Waals surface area (Å²) in [4.78, 5) is 2.22. The SMILES string of the molecule is Cc1cc2cc(F)c(C3CC(CN)CN3C)cc2n1C. The summed E-state index contributed by atoms with van der Waals surface area (Å²) in [6.07, 6.45) is 0.943. The maximum Gasteiger partial charge on any atom is 0.128 e. The van der Waals surface area contributed by atoms with Crippen LogP contribution in [0.5, 0.6) is 0 Å². The van der Waals surface area contributed by atoms with Crippen LogP contribution in [0.15, 0.2) is 18.2 Å². The maximum atomic E-state index is 14.4. The Labute approximate surface area is 119 Å². The molecule has 20 heavy (non-hydrogen) atoms. The second-order valence-corrected chi connectivity index (χ2v) is 6.07. The van der Waals surface area contributed by atoms with Crippen molar-refractivity contribution in [3.63, 3.8) is 0 Å². The Morgan fingerprint density at radius 3 is 2.70 bits per heavy atom. The third kappa shape index (κ3) is 2.03. The van der Waals surface area contributed by atoms with Gasteiger partial charge in [-0.25, -0.2) is 4.39 Å². The van der Waals surface area contributed by atoms with E-state index in [2.05, 4.69) is 16.5 Å². The monoisotopic (exact) mass is 275 g/mol. The highest BCUT2D eigenvalue weighted by atomic mass is 19.1. The van der Waals surface area contributed by atoms with Crippen LogP contribution in [-0.4, -0.2) is 29.6 Å². The topological polar surface area (TPSA) is 34.2 Å². The van der Waals surface area contributed by atoms with Crippen LogP contribution in [-0.2, 0) is 7.05 Å². The molecule has 1 saturated heterocycles. The Balaban J connectivity index is 2.07. The summed E-state index contributed by atoms with van der Waals surface area (Å²) in [6.45, 7) is 3.67. The van der Waals surface area contributed by atoms with Crippen LogP contribution in [0.2, 0.25) is 0 Å². The minimum absolute atomic E-state index is 0.0994. The van der Waals surface area contributed by atoms with Crippen molar-refractivity contribution < 1.29 is 4.39 Å². The number of nitrogens with zero attached hydrogens (tertiary/aromatic N) is 2. The zero-order chi connectivity index (χ0) is 14.4. The smallest absolute Gasteiger partial charge is 0.128 e. The Kier molecular flexibility index (Phi) is 3.30. The fourth-order valence-electron chi connectivity index (χ4n) is 3.41. The number of aromatic nitrogens is 1. The highest BCUT2D eigenvalue weighted by molar-refractivity contribution is 5.82. The van der Waals surface area contributed by atoms with Crippen molar-refractivity contribution in [2.45, 2.75) is 19.4 Å². The van der Waals surface area contributed by atoms with Gasteiger partial charge in [0.1, 0.15) is 5.82 Å². The molecule has 108 valence electrons. The number of hydrogen-bond acceptors (Lipinski definition) is 2. The summed E-state index contributed by atoms with van der Waals surface area (Å²) in [5, 5.41) is 0.974. The molecular formula is C16H22FN3. The van der Waals surface area contributed by atoms with E-state index in [0.29, 0.717) is 12.5 Å². The Morgan fingerprint density at radius 2 is 2.05 bits per heavy atom. The maximum absolute atomic E-state index is 14.4. The molecule has 1 aromatic carbocycles. The molecule has 1 aromatic heterocycles. The van der Waals surface area contributed by atoms with Crippen molar-refractivity contribution in [2.24, 2.45) is 18.7 Å². The van der Waals surface area contributed by atoms with E-state index in [1.54, 1.807) is 6.07 Å². The van der Waals surface area contributed by atoms with E-state index >= 15 is 0 Å². The number of rotatable bonds is 2. The summed E-state index contributed by atoms with van der Waals surface area (Å²) < 4.78 is 16.6. The van der Waals surface area contributed by atoms with Gasteiger partial charge in [0.15, 0.2) is 0 Å². The number of nitrogens with two attached hydrogens (primary N) is 1. The standard InChI is InChI=1S/C16H22FN3/c1-10-4-12-6-14(17)13(7-15(12)20(10)3)16-5-11(8-18)9-19(16)2/h4,6-7,11,16H,5,8-9,18H2,1-3H3. The largest absolute Gasteiger partial charge is 0.348 e. The van der Waals surface area contributed by atoms with E-state index in [0.717, 1.165) is 35.1 Å². The lowest BCUT2D eigenvalue weighted by molar-refractivity contribution is 0.307. The Hall–Kier alpha value is -1.39. The Bertz CT molecular complexity index is 647. The third-order valence-electron chi connectivity index (χ3n) is 4.73. The number of hydrogen-bond donors (Lipinski definition) is 1. The van der Waals surface area contributed by atoms with Gasteiger partial charge >= 0.3 is 0 Å². The van der Waals surface area contributed by atoms with Crippen LogP contribution in [0.3, 0.4) is 0 Å². The normalized spacial score (nSPS) is 23.9. The van der Waals surface area contributed by atoms with Crippen LogP contribution in [0.4, 0.5) is 4.39 Å². The van der Waals surface area contributed by atoms with E-state index in [9.17, 15) is 4.39 Å². The van der Waals surface area contributed by atoms with Crippen LogP contribution in [0.1, 0.15) is 23.7 Å². The molecule has 2 unspecified atom stereocenters. The van der Waals surface area contributed by atoms with Crippen molar-refractivity contribution in [1.29, 1.82) is 0 Å². The van der Waals surface area contributed by atoms with E-state index in [1.807, 2.05) is 26.1 Å². The summed E-state index contributed by atoms with van der Waals surface area (Å²) in [5.74, 6) is 0.368. The molecule has 1 aliphatic rings. The van der Waals surface area contributed by atoms with Gasteiger partial charge in [-0.2, -0.15) is 0 Å². The zero-order valence-corrected chi connectivity index (χ0v) is 12.4. The van der Waals surface area contributed by atoms with Crippen molar-refractivity contribution in [1.82, 2.24) is 9.47 Å². The molecule has 0 saturated carbocycles. The molecule has 1 fully saturated rings. The van der Waals surface area contributed by atoms with Gasteiger partial charge in [0.2, 0.25) is 0 Å². The van der Waals surface area contributed by atoms with Crippen LogP contribution < -0.4 is 5.73 Å². The van der Waals surface area contributed by atoms with E-state index in [-0.39, 0.29) is 11.9 Å². The predicted octanol–water partition coefficient (Wildman–Crippen LogP) is 2.58. The molecule has 0 amide bonds. The lowest BCUT2D eigenvalue weighted by Gasteiger charge is -2.20. The van der Waals surface area contributed by atoms with Gasteiger partial charge in [0.25, 0.3) is 0 Å². The third-order valence-corrected chi connectivity index (χ3v) is 4.73. The quantitative estimate of drug-likeness (QED) is 0.914. The molecule has 2 heterocycles. The van der Waals surface area contributed by atoms with Gasteiger partial charge in [-0.3, -0.25) is 4.90 Å². The average Bonchev–Trinajstić information content (AvgIpc) is 2.91. The highest BCUT2D eigenvalue weighted by Gasteiger charge is 2.31. The summed E-state index contributed by atoms with van der Waals surface area (Å²) in [7, 11) is 4.08. The minimum atomic E-state index is -0.0994. The van der Waals surface area contributed by atoms with Gasteiger partial charge in [-0.15, -0.1) is 0 Å². The number of benzene rings is 1. The molecular weight excluding hydrogens is 253 g/mol. The fourth-order valence-corrected chi connectivity index (χ4v) is 3.41. The minimum Gasteiger partial charge on any atom is -0.348 e. The predicted molar refractivity (Wildman–Crippen MR) is 80.1 cm³/mol. The first-order valence-electron chi connectivity index (χ1n) is 7.17. The first-order valence-corrected chi connectivity index (χ1v) is 7.17. The molecule has 2 atom stereocenters. The second-order valence-electron chi connectivity index (χ2n) is 6.07. The number of aryl methyl sites for hydroxylation is 2. The molecule has 0 bridgehead atoms. The Morgan fingerprint density at radius 1 is 1.30 bits per heavy atom. The van der Waals surface area contributed by atoms with Crippen molar-refractivity contribution in [3.8, 4) is 0 Å². The van der Waals surface area contributed by atoms with Gasteiger partial charge in [0.05, 0.1) is 0 Å². The number of likely N-dealkylation sites (tertiary alicyclic amines) is 1. The van der Waals surface area contributed by atoms with Gasteiger partial charge in [0, 0.05) is 41.8 Å². The summed E-state index contributed by atoms with van der Waals surface area (Å²) in [5.41, 5.74) is 8.82. The number of fused-ring (bicyclic) bond motifs is 1. The van der Waals surface area contributed by atoms with Gasteiger partial charge in [-0.05, 0) is 51.1 Å². The second kappa shape index (κ2) is 4.86. The molecule has 3 rings (SSSR count).